The predicted molar refractivity (Wildman–Crippen MR) is 104 cm³/mol. The Hall–Kier alpha value is -2.87. The topological polar surface area (TPSA) is 90.4 Å². The van der Waals surface area contributed by atoms with Crippen LogP contribution in [0.25, 0.3) is 0 Å². The van der Waals surface area contributed by atoms with Crippen LogP contribution in [0, 0.1) is 0 Å². The number of anilines is 1. The molecule has 1 saturated heterocycles. The molecule has 0 aliphatic carbocycles. The zero-order chi connectivity index (χ0) is 19.2. The molecule has 1 amide bonds. The van der Waals surface area contributed by atoms with Crippen molar-refractivity contribution in [3.63, 3.8) is 0 Å². The maximum Gasteiger partial charge on any atom is 0.328 e. The third-order valence-corrected chi connectivity index (χ3v) is 4.86. The fraction of sp³-hybridized carbons (Fsp3) is 0.421. The normalized spacial score (nSPS) is 16.1. The Morgan fingerprint density at radius 1 is 1.11 bits per heavy atom. The van der Waals surface area contributed by atoms with E-state index in [1.165, 1.54) is 22.5 Å². The van der Waals surface area contributed by atoms with Crippen molar-refractivity contribution in [2.75, 3.05) is 37.6 Å². The zero-order valence-corrected chi connectivity index (χ0v) is 15.4. The van der Waals surface area contributed by atoms with Crippen LogP contribution >= 0.6 is 0 Å². The molecular formula is C19H25N5O3. The summed E-state index contributed by atoms with van der Waals surface area (Å²) < 4.78 is 1.18. The molecule has 1 aromatic carbocycles. The Kier molecular flexibility index (Phi) is 6.08. The van der Waals surface area contributed by atoms with Gasteiger partial charge in [0, 0.05) is 56.7 Å². The molecule has 8 nitrogen and oxygen atoms in total. The van der Waals surface area contributed by atoms with E-state index in [0.717, 1.165) is 26.2 Å². The van der Waals surface area contributed by atoms with Gasteiger partial charge in [-0.15, -0.1) is 0 Å². The number of piperazine rings is 1. The average Bonchev–Trinajstić information content (AvgIpc) is 2.69. The summed E-state index contributed by atoms with van der Waals surface area (Å²) in [4.78, 5) is 41.6. The second-order valence-corrected chi connectivity index (χ2v) is 6.75. The number of H-pyrrole nitrogens is 1. The van der Waals surface area contributed by atoms with Gasteiger partial charge in [-0.05, 0) is 19.1 Å². The summed E-state index contributed by atoms with van der Waals surface area (Å²) in [5, 5.41) is 2.87. The van der Waals surface area contributed by atoms with Gasteiger partial charge in [0.05, 0.1) is 0 Å². The summed E-state index contributed by atoms with van der Waals surface area (Å²) in [7, 11) is 0. The maximum absolute atomic E-state index is 12.1. The van der Waals surface area contributed by atoms with E-state index in [2.05, 4.69) is 39.2 Å². The minimum atomic E-state index is -0.581. The Balaban J connectivity index is 1.44. The van der Waals surface area contributed by atoms with Gasteiger partial charge in [-0.25, -0.2) is 4.79 Å². The van der Waals surface area contributed by atoms with Crippen LogP contribution in [0.1, 0.15) is 6.92 Å². The number of aromatic nitrogens is 2. The lowest BCUT2D eigenvalue weighted by Gasteiger charge is -2.39. The van der Waals surface area contributed by atoms with Gasteiger partial charge < -0.3 is 10.2 Å². The molecule has 2 heterocycles. The Morgan fingerprint density at radius 3 is 2.48 bits per heavy atom. The van der Waals surface area contributed by atoms with Crippen molar-refractivity contribution in [3.05, 3.63) is 63.4 Å². The number of hydrogen-bond donors (Lipinski definition) is 2. The minimum Gasteiger partial charge on any atom is -0.369 e. The third-order valence-electron chi connectivity index (χ3n) is 4.86. The number of carbonyl (C=O) groups is 1. The molecule has 3 rings (SSSR count). The first-order valence-electron chi connectivity index (χ1n) is 9.13. The maximum atomic E-state index is 12.1. The molecule has 27 heavy (non-hydrogen) atoms. The molecule has 1 aromatic heterocycles. The monoisotopic (exact) mass is 371 g/mol. The lowest BCUT2D eigenvalue weighted by Crippen LogP contribution is -2.52. The second kappa shape index (κ2) is 8.68. The highest BCUT2D eigenvalue weighted by Gasteiger charge is 2.21. The Labute approximate surface area is 157 Å². The number of para-hydroxylation sites is 1. The fourth-order valence-corrected chi connectivity index (χ4v) is 3.23. The van der Waals surface area contributed by atoms with Crippen LogP contribution in [0.2, 0.25) is 0 Å². The summed E-state index contributed by atoms with van der Waals surface area (Å²) in [5.74, 6) is -0.251. The van der Waals surface area contributed by atoms with E-state index < -0.39 is 11.2 Å². The molecule has 0 spiro atoms. The van der Waals surface area contributed by atoms with Gasteiger partial charge in [0.15, 0.2) is 0 Å². The fourth-order valence-electron chi connectivity index (χ4n) is 3.23. The first-order valence-corrected chi connectivity index (χ1v) is 9.13. The number of carbonyl (C=O) groups excluding carboxylic acids is 1. The molecule has 144 valence electrons. The van der Waals surface area contributed by atoms with Crippen molar-refractivity contribution in [1.29, 1.82) is 0 Å². The van der Waals surface area contributed by atoms with Gasteiger partial charge in [0.25, 0.3) is 5.56 Å². The molecule has 1 unspecified atom stereocenters. The van der Waals surface area contributed by atoms with Gasteiger partial charge in [0.1, 0.15) is 6.54 Å². The van der Waals surface area contributed by atoms with E-state index >= 15 is 0 Å². The molecule has 1 aliphatic heterocycles. The molecule has 1 fully saturated rings. The number of benzene rings is 1. The summed E-state index contributed by atoms with van der Waals surface area (Å²) in [5.41, 5.74) is 0.187. The SMILES string of the molecule is CC(CNC(=O)Cn1ccc(=O)[nH]c1=O)N1CCN(c2ccccc2)CC1. The van der Waals surface area contributed by atoms with Gasteiger partial charge in [-0.3, -0.25) is 24.0 Å². The first-order chi connectivity index (χ1) is 13.0. The van der Waals surface area contributed by atoms with Gasteiger partial charge in [0.2, 0.25) is 5.91 Å². The van der Waals surface area contributed by atoms with E-state index in [-0.39, 0.29) is 18.5 Å². The highest BCUT2D eigenvalue weighted by atomic mass is 16.2. The number of nitrogens with zero attached hydrogens (tertiary/aromatic N) is 3. The van der Waals surface area contributed by atoms with Crippen molar-refractivity contribution in [2.45, 2.75) is 19.5 Å². The number of aromatic amines is 1. The highest BCUT2D eigenvalue weighted by Crippen LogP contribution is 2.16. The lowest BCUT2D eigenvalue weighted by atomic mass is 10.2. The Morgan fingerprint density at radius 2 is 1.81 bits per heavy atom. The smallest absolute Gasteiger partial charge is 0.328 e. The summed E-state index contributed by atoms with van der Waals surface area (Å²) >= 11 is 0. The second-order valence-electron chi connectivity index (χ2n) is 6.75. The summed E-state index contributed by atoms with van der Waals surface area (Å²) in [6.07, 6.45) is 1.33. The van der Waals surface area contributed by atoms with Crippen molar-refractivity contribution in [2.24, 2.45) is 0 Å². The number of hydrogen-bond acceptors (Lipinski definition) is 5. The van der Waals surface area contributed by atoms with Crippen molar-refractivity contribution in [3.8, 4) is 0 Å². The predicted octanol–water partition coefficient (Wildman–Crippen LogP) is -0.136. The van der Waals surface area contributed by atoms with Crippen molar-refractivity contribution >= 4 is 11.6 Å². The van der Waals surface area contributed by atoms with Crippen LogP contribution in [0.3, 0.4) is 0 Å². The molecular weight excluding hydrogens is 346 g/mol. The quantitative estimate of drug-likeness (QED) is 0.738. The largest absolute Gasteiger partial charge is 0.369 e. The van der Waals surface area contributed by atoms with E-state index in [1.54, 1.807) is 0 Å². The standard InChI is InChI=1S/C19H25N5O3/c1-15(13-20-18(26)14-24-8-7-17(25)21-19(24)27)22-9-11-23(12-10-22)16-5-3-2-4-6-16/h2-8,15H,9-14H2,1H3,(H,20,26)(H,21,25,27). The van der Waals surface area contributed by atoms with Gasteiger partial charge in [-0.2, -0.15) is 0 Å². The number of nitrogens with one attached hydrogen (secondary N) is 2. The molecule has 0 radical (unpaired) electrons. The van der Waals surface area contributed by atoms with Crippen LogP contribution in [-0.2, 0) is 11.3 Å². The molecule has 1 atom stereocenters. The number of amides is 1. The van der Waals surface area contributed by atoms with Crippen molar-refractivity contribution in [1.82, 2.24) is 19.8 Å². The molecule has 2 aromatic rings. The van der Waals surface area contributed by atoms with E-state index in [4.69, 9.17) is 0 Å². The molecule has 8 heteroatoms. The zero-order valence-electron chi connectivity index (χ0n) is 15.4. The third kappa shape index (κ3) is 5.07. The average molecular weight is 371 g/mol. The minimum absolute atomic E-state index is 0.107. The van der Waals surface area contributed by atoms with Crippen LogP contribution in [0.5, 0.6) is 0 Å². The summed E-state index contributed by atoms with van der Waals surface area (Å²) in [6.45, 7) is 6.28. The molecule has 0 saturated carbocycles. The summed E-state index contributed by atoms with van der Waals surface area (Å²) in [6, 6.07) is 11.8. The highest BCUT2D eigenvalue weighted by molar-refractivity contribution is 5.75. The lowest BCUT2D eigenvalue weighted by molar-refractivity contribution is -0.122. The first kappa shape index (κ1) is 18.9. The molecule has 0 bridgehead atoms. The van der Waals surface area contributed by atoms with Crippen LogP contribution in [0.15, 0.2) is 52.2 Å². The van der Waals surface area contributed by atoms with Gasteiger partial charge >= 0.3 is 5.69 Å². The van der Waals surface area contributed by atoms with Crippen LogP contribution in [-0.4, -0.2) is 59.1 Å². The van der Waals surface area contributed by atoms with E-state index in [9.17, 15) is 14.4 Å². The van der Waals surface area contributed by atoms with E-state index in [1.807, 2.05) is 18.2 Å². The van der Waals surface area contributed by atoms with Crippen LogP contribution in [0.4, 0.5) is 5.69 Å². The van der Waals surface area contributed by atoms with E-state index in [0.29, 0.717) is 6.54 Å². The van der Waals surface area contributed by atoms with Crippen molar-refractivity contribution < 1.29 is 4.79 Å². The molecule has 1 aliphatic rings. The number of rotatable bonds is 6. The van der Waals surface area contributed by atoms with Crippen LogP contribution < -0.4 is 21.5 Å². The van der Waals surface area contributed by atoms with Gasteiger partial charge in [-0.1, -0.05) is 18.2 Å². The molecule has 2 N–H and O–H groups in total. The Bertz CT molecular complexity index is 869.